The molecule has 2 heteroatoms. The molecule has 3 rings (SSSR count). The maximum atomic E-state index is 11.2. The van der Waals surface area contributed by atoms with Gasteiger partial charge in [-0.3, -0.25) is 4.79 Å². The summed E-state index contributed by atoms with van der Waals surface area (Å²) >= 11 is 0. The van der Waals surface area contributed by atoms with Gasteiger partial charge in [0.25, 0.3) is 0 Å². The van der Waals surface area contributed by atoms with E-state index in [2.05, 4.69) is 36.4 Å². The van der Waals surface area contributed by atoms with Crippen LogP contribution in [0.25, 0.3) is 11.1 Å². The highest BCUT2D eigenvalue weighted by Crippen LogP contribution is 2.46. The zero-order valence-electron chi connectivity index (χ0n) is 11.1. The summed E-state index contributed by atoms with van der Waals surface area (Å²) < 4.78 is 5.41. The monoisotopic (exact) mass is 252 g/mol. The summed E-state index contributed by atoms with van der Waals surface area (Å²) in [6, 6.07) is 16.7. The van der Waals surface area contributed by atoms with Gasteiger partial charge in [-0.05, 0) is 29.2 Å². The molecule has 2 aromatic carbocycles. The van der Waals surface area contributed by atoms with Gasteiger partial charge in [-0.2, -0.15) is 0 Å². The minimum atomic E-state index is -0.227. The molecule has 0 saturated heterocycles. The standard InChI is InChI=1S/C17H16O2/c1-11(19-12(2)18)17-15-9-5-3-7-13(15)14-8-4-6-10-16(14)17/h3-11,17H,1-2H3/t11-/m0/s1. The van der Waals surface area contributed by atoms with Crippen molar-refractivity contribution in [3.63, 3.8) is 0 Å². The van der Waals surface area contributed by atoms with Gasteiger partial charge in [-0.25, -0.2) is 0 Å². The molecule has 0 spiro atoms. The maximum absolute atomic E-state index is 11.2. The van der Waals surface area contributed by atoms with E-state index in [4.69, 9.17) is 4.74 Å². The van der Waals surface area contributed by atoms with Gasteiger partial charge in [0, 0.05) is 12.8 Å². The van der Waals surface area contributed by atoms with E-state index < -0.39 is 0 Å². The van der Waals surface area contributed by atoms with Gasteiger partial charge < -0.3 is 4.74 Å². The van der Waals surface area contributed by atoms with Gasteiger partial charge in [0.2, 0.25) is 0 Å². The van der Waals surface area contributed by atoms with Crippen molar-refractivity contribution in [2.24, 2.45) is 0 Å². The predicted octanol–water partition coefficient (Wildman–Crippen LogP) is 3.75. The molecule has 2 nitrogen and oxygen atoms in total. The van der Waals surface area contributed by atoms with Gasteiger partial charge >= 0.3 is 5.97 Å². The molecule has 0 aromatic heterocycles. The summed E-state index contributed by atoms with van der Waals surface area (Å²) in [6.07, 6.45) is -0.151. The highest BCUT2D eigenvalue weighted by molar-refractivity contribution is 5.79. The molecule has 1 aliphatic rings. The first-order valence-electron chi connectivity index (χ1n) is 6.54. The highest BCUT2D eigenvalue weighted by atomic mass is 16.5. The van der Waals surface area contributed by atoms with Crippen LogP contribution in [0.5, 0.6) is 0 Å². The van der Waals surface area contributed by atoms with Crippen molar-refractivity contribution in [3.8, 4) is 11.1 Å². The van der Waals surface area contributed by atoms with E-state index >= 15 is 0 Å². The molecule has 2 aromatic rings. The quantitative estimate of drug-likeness (QED) is 0.761. The third-order valence-corrected chi connectivity index (χ3v) is 3.70. The summed E-state index contributed by atoms with van der Waals surface area (Å²) in [5, 5.41) is 0. The van der Waals surface area contributed by atoms with Crippen LogP contribution in [0, 0.1) is 0 Å². The minimum absolute atomic E-state index is 0.135. The summed E-state index contributed by atoms with van der Waals surface area (Å²) in [4.78, 5) is 11.2. The fourth-order valence-electron chi connectivity index (χ4n) is 3.03. The van der Waals surface area contributed by atoms with Crippen molar-refractivity contribution in [3.05, 3.63) is 59.7 Å². The summed E-state index contributed by atoms with van der Waals surface area (Å²) in [7, 11) is 0. The predicted molar refractivity (Wildman–Crippen MR) is 74.9 cm³/mol. The third-order valence-electron chi connectivity index (χ3n) is 3.70. The van der Waals surface area contributed by atoms with E-state index in [0.717, 1.165) is 0 Å². The summed E-state index contributed by atoms with van der Waals surface area (Å²) in [5.74, 6) is -0.0920. The Morgan fingerprint density at radius 2 is 1.47 bits per heavy atom. The van der Waals surface area contributed by atoms with E-state index in [1.807, 2.05) is 19.1 Å². The molecular formula is C17H16O2. The SMILES string of the molecule is CC(=O)O[C@@H](C)C1c2ccccc2-c2ccccc21. The fraction of sp³-hybridized carbons (Fsp3) is 0.235. The van der Waals surface area contributed by atoms with Crippen LogP contribution in [0.2, 0.25) is 0 Å². The van der Waals surface area contributed by atoms with Crippen LogP contribution < -0.4 is 0 Å². The second-order valence-corrected chi connectivity index (χ2v) is 4.97. The molecule has 1 atom stereocenters. The van der Waals surface area contributed by atoms with Crippen molar-refractivity contribution in [1.82, 2.24) is 0 Å². The average molecular weight is 252 g/mol. The van der Waals surface area contributed by atoms with Crippen molar-refractivity contribution < 1.29 is 9.53 Å². The van der Waals surface area contributed by atoms with Crippen molar-refractivity contribution in [2.45, 2.75) is 25.9 Å². The van der Waals surface area contributed by atoms with Crippen LogP contribution in [0.1, 0.15) is 30.9 Å². The number of fused-ring (bicyclic) bond motifs is 3. The Balaban J connectivity index is 2.12. The lowest BCUT2D eigenvalue weighted by Crippen LogP contribution is -2.20. The number of esters is 1. The number of carbonyl (C=O) groups excluding carboxylic acids is 1. The second-order valence-electron chi connectivity index (χ2n) is 4.97. The van der Waals surface area contributed by atoms with Crippen LogP contribution in [-0.2, 0) is 9.53 Å². The van der Waals surface area contributed by atoms with Crippen LogP contribution in [0.15, 0.2) is 48.5 Å². The first-order valence-corrected chi connectivity index (χ1v) is 6.54. The third kappa shape index (κ3) is 1.93. The molecule has 0 fully saturated rings. The zero-order chi connectivity index (χ0) is 13.4. The fourth-order valence-corrected chi connectivity index (χ4v) is 3.03. The maximum Gasteiger partial charge on any atom is 0.302 e. The summed E-state index contributed by atoms with van der Waals surface area (Å²) in [6.45, 7) is 3.42. The van der Waals surface area contributed by atoms with Gasteiger partial charge in [0.15, 0.2) is 0 Å². The molecule has 0 amide bonds. The first kappa shape index (κ1) is 12.0. The van der Waals surface area contributed by atoms with Crippen molar-refractivity contribution in [2.75, 3.05) is 0 Å². The lowest BCUT2D eigenvalue weighted by molar-refractivity contribution is -0.146. The minimum Gasteiger partial charge on any atom is -0.462 e. The van der Waals surface area contributed by atoms with Gasteiger partial charge in [0.05, 0.1) is 0 Å². The second kappa shape index (κ2) is 4.54. The topological polar surface area (TPSA) is 26.3 Å². The number of rotatable bonds is 2. The molecule has 0 N–H and O–H groups in total. The van der Waals surface area contributed by atoms with Crippen molar-refractivity contribution in [1.29, 1.82) is 0 Å². The van der Waals surface area contributed by atoms with Crippen LogP contribution in [0.4, 0.5) is 0 Å². The molecule has 0 radical (unpaired) electrons. The molecule has 0 unspecified atom stereocenters. The molecule has 0 saturated carbocycles. The number of carbonyl (C=O) groups is 1. The Labute approximate surface area is 113 Å². The van der Waals surface area contributed by atoms with Crippen LogP contribution >= 0.6 is 0 Å². The Morgan fingerprint density at radius 3 is 1.95 bits per heavy atom. The summed E-state index contributed by atoms with van der Waals surface area (Å²) in [5.41, 5.74) is 5.00. The Kier molecular flexibility index (Phi) is 2.86. The van der Waals surface area contributed by atoms with E-state index in [1.165, 1.54) is 29.2 Å². The first-order chi connectivity index (χ1) is 9.18. The molecule has 0 bridgehead atoms. The van der Waals surface area contributed by atoms with Gasteiger partial charge in [-0.15, -0.1) is 0 Å². The van der Waals surface area contributed by atoms with E-state index in [0.29, 0.717) is 0 Å². The van der Waals surface area contributed by atoms with E-state index in [1.54, 1.807) is 0 Å². The van der Waals surface area contributed by atoms with Crippen molar-refractivity contribution >= 4 is 5.97 Å². The zero-order valence-corrected chi connectivity index (χ0v) is 11.1. The van der Waals surface area contributed by atoms with Crippen LogP contribution in [-0.4, -0.2) is 12.1 Å². The largest absolute Gasteiger partial charge is 0.462 e. The Hall–Kier alpha value is -2.09. The molecule has 0 aliphatic heterocycles. The number of benzene rings is 2. The molecule has 19 heavy (non-hydrogen) atoms. The van der Waals surface area contributed by atoms with Crippen LogP contribution in [0.3, 0.4) is 0 Å². The Morgan fingerprint density at radius 1 is 1.00 bits per heavy atom. The smallest absolute Gasteiger partial charge is 0.302 e. The molecular weight excluding hydrogens is 236 g/mol. The van der Waals surface area contributed by atoms with E-state index in [-0.39, 0.29) is 18.0 Å². The van der Waals surface area contributed by atoms with Gasteiger partial charge in [-0.1, -0.05) is 48.5 Å². The molecule has 1 aliphatic carbocycles. The highest BCUT2D eigenvalue weighted by Gasteiger charge is 2.33. The lowest BCUT2D eigenvalue weighted by atomic mass is 9.92. The number of ether oxygens (including phenoxy) is 1. The van der Waals surface area contributed by atoms with Gasteiger partial charge in [0.1, 0.15) is 6.10 Å². The molecule has 0 heterocycles. The lowest BCUT2D eigenvalue weighted by Gasteiger charge is -2.21. The number of hydrogen-bond acceptors (Lipinski definition) is 2. The average Bonchev–Trinajstić information content (AvgIpc) is 2.72. The normalized spacial score (nSPS) is 14.6. The number of hydrogen-bond donors (Lipinski definition) is 0. The van der Waals surface area contributed by atoms with E-state index in [9.17, 15) is 4.79 Å². The Bertz CT molecular complexity index is 585. The molecule has 96 valence electrons.